The number of hydrogen-bond acceptors (Lipinski definition) is 1. The fourth-order valence-corrected chi connectivity index (χ4v) is 1.77. The van der Waals surface area contributed by atoms with Crippen molar-refractivity contribution in [2.75, 3.05) is 0 Å². The summed E-state index contributed by atoms with van der Waals surface area (Å²) in [4.78, 5) is 11.4. The molecule has 0 rings (SSSR count). The van der Waals surface area contributed by atoms with Gasteiger partial charge in [-0.1, -0.05) is 52.2 Å². The monoisotopic (exact) mass is 238 g/mol. The molecule has 0 radical (unpaired) electrons. The molecule has 0 amide bonds. The fraction of sp³-hybridized carbons (Fsp3) is 0.812. The molecule has 0 saturated heterocycles. The van der Waals surface area contributed by atoms with Gasteiger partial charge in [-0.25, -0.2) is 0 Å². The molecule has 0 bridgehead atoms. The average Bonchev–Trinajstić information content (AvgIpc) is 2.31. The van der Waals surface area contributed by atoms with Gasteiger partial charge < -0.3 is 0 Å². The zero-order valence-corrected chi connectivity index (χ0v) is 12.0. The third kappa shape index (κ3) is 11.7. The number of Topliss-reactive ketones (excluding diaryl/α,β-unsaturated/α-hetero) is 1. The first-order valence-corrected chi connectivity index (χ1v) is 7.36. The fourth-order valence-electron chi connectivity index (χ4n) is 1.77. The van der Waals surface area contributed by atoms with E-state index in [4.69, 9.17) is 0 Å². The van der Waals surface area contributed by atoms with Crippen LogP contribution in [0, 0.1) is 5.92 Å². The third-order valence-corrected chi connectivity index (χ3v) is 3.08. The molecule has 0 aliphatic heterocycles. The predicted molar refractivity (Wildman–Crippen MR) is 76.2 cm³/mol. The quantitative estimate of drug-likeness (QED) is 0.353. The van der Waals surface area contributed by atoms with Gasteiger partial charge in [-0.15, -0.1) is 0 Å². The highest BCUT2D eigenvalue weighted by atomic mass is 16.1. The van der Waals surface area contributed by atoms with Crippen LogP contribution in [0.25, 0.3) is 0 Å². The maximum atomic E-state index is 11.4. The zero-order valence-electron chi connectivity index (χ0n) is 12.0. The molecule has 0 atom stereocenters. The van der Waals surface area contributed by atoms with E-state index in [-0.39, 0.29) is 5.92 Å². The largest absolute Gasteiger partial charge is 0.299 e. The Kier molecular flexibility index (Phi) is 11.5. The van der Waals surface area contributed by atoms with Crippen LogP contribution in [0.5, 0.6) is 0 Å². The lowest BCUT2D eigenvalue weighted by Crippen LogP contribution is -2.05. The Labute approximate surface area is 108 Å². The Morgan fingerprint density at radius 3 is 2.06 bits per heavy atom. The van der Waals surface area contributed by atoms with Crippen molar-refractivity contribution in [3.05, 3.63) is 12.2 Å². The highest BCUT2D eigenvalue weighted by Crippen LogP contribution is 2.07. The van der Waals surface area contributed by atoms with Crippen molar-refractivity contribution < 1.29 is 4.79 Å². The number of carbonyl (C=O) groups is 1. The second-order valence-corrected chi connectivity index (χ2v) is 5.19. The molecular formula is C16H30O. The van der Waals surface area contributed by atoms with Crippen molar-refractivity contribution in [3.63, 3.8) is 0 Å². The molecular weight excluding hydrogens is 208 g/mol. The molecule has 100 valence electrons. The minimum Gasteiger partial charge on any atom is -0.299 e. The van der Waals surface area contributed by atoms with E-state index >= 15 is 0 Å². The van der Waals surface area contributed by atoms with Gasteiger partial charge in [-0.3, -0.25) is 4.79 Å². The van der Waals surface area contributed by atoms with Gasteiger partial charge in [0, 0.05) is 12.3 Å². The Morgan fingerprint density at radius 1 is 0.941 bits per heavy atom. The van der Waals surface area contributed by atoms with Crippen LogP contribution in [0.4, 0.5) is 0 Å². The molecule has 0 saturated carbocycles. The first kappa shape index (κ1) is 16.4. The van der Waals surface area contributed by atoms with Gasteiger partial charge in [0.1, 0.15) is 5.78 Å². The summed E-state index contributed by atoms with van der Waals surface area (Å²) in [5, 5.41) is 0. The highest BCUT2D eigenvalue weighted by Gasteiger charge is 2.05. The van der Waals surface area contributed by atoms with Crippen LogP contribution in [0.2, 0.25) is 0 Å². The van der Waals surface area contributed by atoms with Gasteiger partial charge >= 0.3 is 0 Å². The van der Waals surface area contributed by atoms with Crippen LogP contribution in [-0.4, -0.2) is 5.78 Å². The zero-order chi connectivity index (χ0) is 12.9. The molecule has 0 aliphatic carbocycles. The molecule has 17 heavy (non-hydrogen) atoms. The van der Waals surface area contributed by atoms with Crippen LogP contribution in [0.3, 0.4) is 0 Å². The summed E-state index contributed by atoms with van der Waals surface area (Å²) in [7, 11) is 0. The molecule has 0 aliphatic rings. The van der Waals surface area contributed by atoms with E-state index in [2.05, 4.69) is 19.1 Å². The van der Waals surface area contributed by atoms with E-state index in [1.807, 2.05) is 13.8 Å². The van der Waals surface area contributed by atoms with Crippen molar-refractivity contribution in [2.45, 2.75) is 78.6 Å². The van der Waals surface area contributed by atoms with Crippen molar-refractivity contribution in [1.82, 2.24) is 0 Å². The number of ketones is 1. The predicted octanol–water partition coefficient (Wildman–Crippen LogP) is 5.30. The first-order valence-electron chi connectivity index (χ1n) is 7.36. The summed E-state index contributed by atoms with van der Waals surface area (Å²) < 4.78 is 0. The Hall–Kier alpha value is -0.590. The van der Waals surface area contributed by atoms with E-state index < -0.39 is 0 Å². The molecule has 0 aromatic carbocycles. The second-order valence-electron chi connectivity index (χ2n) is 5.19. The van der Waals surface area contributed by atoms with Crippen LogP contribution >= 0.6 is 0 Å². The lowest BCUT2D eigenvalue weighted by Gasteiger charge is -2.02. The molecule has 0 heterocycles. The Bertz CT molecular complexity index is 204. The topological polar surface area (TPSA) is 17.1 Å². The van der Waals surface area contributed by atoms with Crippen LogP contribution in [0.1, 0.15) is 78.6 Å². The van der Waals surface area contributed by atoms with Gasteiger partial charge in [-0.05, 0) is 32.1 Å². The molecule has 0 aromatic heterocycles. The van der Waals surface area contributed by atoms with E-state index in [9.17, 15) is 4.79 Å². The lowest BCUT2D eigenvalue weighted by molar-refractivity contribution is -0.122. The molecule has 1 nitrogen and oxygen atoms in total. The maximum Gasteiger partial charge on any atom is 0.135 e. The molecule has 0 N–H and O–H groups in total. The summed E-state index contributed by atoms with van der Waals surface area (Å²) in [6, 6.07) is 0. The molecule has 1 heteroatoms. The SMILES string of the molecule is CCCCCC/C=C\CCCCC(=O)C(C)C. The van der Waals surface area contributed by atoms with E-state index in [0.717, 1.165) is 25.7 Å². The second kappa shape index (κ2) is 11.9. The maximum absolute atomic E-state index is 11.4. The van der Waals surface area contributed by atoms with Crippen LogP contribution in [-0.2, 0) is 4.79 Å². The van der Waals surface area contributed by atoms with Crippen molar-refractivity contribution in [1.29, 1.82) is 0 Å². The van der Waals surface area contributed by atoms with E-state index in [1.54, 1.807) is 0 Å². The third-order valence-electron chi connectivity index (χ3n) is 3.08. The summed E-state index contributed by atoms with van der Waals surface area (Å²) in [6.45, 7) is 6.21. The average molecular weight is 238 g/mol. The minimum absolute atomic E-state index is 0.212. The van der Waals surface area contributed by atoms with Crippen molar-refractivity contribution >= 4 is 5.78 Å². The summed E-state index contributed by atoms with van der Waals surface area (Å²) in [5.74, 6) is 0.623. The summed E-state index contributed by atoms with van der Waals surface area (Å²) in [6.07, 6.45) is 15.3. The molecule has 0 aromatic rings. The van der Waals surface area contributed by atoms with Crippen LogP contribution in [0.15, 0.2) is 12.2 Å². The smallest absolute Gasteiger partial charge is 0.135 e. The van der Waals surface area contributed by atoms with Gasteiger partial charge in [0.15, 0.2) is 0 Å². The van der Waals surface area contributed by atoms with Crippen molar-refractivity contribution in [3.8, 4) is 0 Å². The summed E-state index contributed by atoms with van der Waals surface area (Å²) >= 11 is 0. The van der Waals surface area contributed by atoms with E-state index in [1.165, 1.54) is 32.1 Å². The highest BCUT2D eigenvalue weighted by molar-refractivity contribution is 5.80. The van der Waals surface area contributed by atoms with Gasteiger partial charge in [0.2, 0.25) is 0 Å². The van der Waals surface area contributed by atoms with Gasteiger partial charge in [0.25, 0.3) is 0 Å². The first-order chi connectivity index (χ1) is 8.18. The Balaban J connectivity index is 3.22. The Morgan fingerprint density at radius 2 is 1.53 bits per heavy atom. The van der Waals surface area contributed by atoms with Crippen molar-refractivity contribution in [2.24, 2.45) is 5.92 Å². The normalized spacial score (nSPS) is 11.5. The minimum atomic E-state index is 0.212. The van der Waals surface area contributed by atoms with Gasteiger partial charge in [-0.2, -0.15) is 0 Å². The number of hydrogen-bond donors (Lipinski definition) is 0. The summed E-state index contributed by atoms with van der Waals surface area (Å²) in [5.41, 5.74) is 0. The number of rotatable bonds is 11. The molecule has 0 fully saturated rings. The molecule has 0 spiro atoms. The molecule has 0 unspecified atom stereocenters. The number of allylic oxidation sites excluding steroid dienone is 2. The van der Waals surface area contributed by atoms with Crippen LogP contribution < -0.4 is 0 Å². The van der Waals surface area contributed by atoms with Gasteiger partial charge in [0.05, 0.1) is 0 Å². The number of unbranched alkanes of at least 4 members (excludes halogenated alkanes) is 6. The van der Waals surface area contributed by atoms with E-state index in [0.29, 0.717) is 5.78 Å². The number of carbonyl (C=O) groups excluding carboxylic acids is 1. The lowest BCUT2D eigenvalue weighted by atomic mass is 10.0. The standard InChI is InChI=1S/C16H30O/c1-4-5-6-7-8-9-10-11-12-13-14-16(17)15(2)3/h9-10,15H,4-8,11-14H2,1-3H3/b10-9-.